The van der Waals surface area contributed by atoms with E-state index in [2.05, 4.69) is 10.3 Å². The highest BCUT2D eigenvalue weighted by atomic mass is 32.2. The van der Waals surface area contributed by atoms with E-state index in [0.717, 1.165) is 21.7 Å². The Morgan fingerprint density at radius 2 is 1.81 bits per heavy atom. The van der Waals surface area contributed by atoms with Crippen molar-refractivity contribution in [2.75, 3.05) is 37.1 Å². The van der Waals surface area contributed by atoms with E-state index < -0.39 is 15.9 Å². The summed E-state index contributed by atoms with van der Waals surface area (Å²) in [6.07, 6.45) is 4.45. The molecule has 0 saturated carbocycles. The Kier molecular flexibility index (Phi) is 6.45. The van der Waals surface area contributed by atoms with Gasteiger partial charge in [-0.1, -0.05) is 12.1 Å². The number of nitrogens with one attached hydrogen (secondary N) is 1. The van der Waals surface area contributed by atoms with Crippen molar-refractivity contribution in [1.82, 2.24) is 4.98 Å². The molecule has 0 spiro atoms. The largest absolute Gasteiger partial charge is 0.497 e. The van der Waals surface area contributed by atoms with E-state index in [-0.39, 0.29) is 5.56 Å². The number of anilines is 2. The molecule has 0 atom stereocenters. The summed E-state index contributed by atoms with van der Waals surface area (Å²) in [5.74, 6) is 0.425. The highest BCUT2D eigenvalue weighted by Crippen LogP contribution is 2.33. The van der Waals surface area contributed by atoms with E-state index in [1.165, 1.54) is 21.3 Å². The van der Waals surface area contributed by atoms with Gasteiger partial charge in [-0.2, -0.15) is 0 Å². The third-order valence-corrected chi connectivity index (χ3v) is 5.92. The third-order valence-electron chi connectivity index (χ3n) is 4.73. The van der Waals surface area contributed by atoms with E-state index in [4.69, 9.17) is 9.47 Å². The average Bonchev–Trinajstić information content (AvgIpc) is 2.78. The lowest BCUT2D eigenvalue weighted by Crippen LogP contribution is -2.26. The Balaban J connectivity index is 2.06. The first-order valence-electron chi connectivity index (χ1n) is 9.26. The summed E-state index contributed by atoms with van der Waals surface area (Å²) in [7, 11) is 0.854. The van der Waals surface area contributed by atoms with E-state index in [1.807, 2.05) is 6.07 Å². The van der Waals surface area contributed by atoms with Crippen molar-refractivity contribution < 1.29 is 22.7 Å². The number of hydrogen-bond donors (Lipinski definition) is 1. The Morgan fingerprint density at radius 3 is 2.42 bits per heavy atom. The lowest BCUT2D eigenvalue weighted by atomic mass is 10.1. The van der Waals surface area contributed by atoms with Crippen molar-refractivity contribution in [2.45, 2.75) is 0 Å². The van der Waals surface area contributed by atoms with Gasteiger partial charge in [-0.15, -0.1) is 0 Å². The van der Waals surface area contributed by atoms with Crippen LogP contribution in [0.3, 0.4) is 0 Å². The number of ether oxygens (including phenoxy) is 2. The maximum absolute atomic E-state index is 13.1. The van der Waals surface area contributed by atoms with Gasteiger partial charge in [-0.05, 0) is 35.9 Å². The van der Waals surface area contributed by atoms with Crippen molar-refractivity contribution in [3.05, 3.63) is 66.5 Å². The molecule has 1 aromatic heterocycles. The zero-order chi connectivity index (χ0) is 22.6. The smallest absolute Gasteiger partial charge is 0.259 e. The molecule has 1 amide bonds. The number of carbonyl (C=O) groups excluding carboxylic acids is 1. The number of nitrogens with zero attached hydrogens (tertiary/aromatic N) is 2. The molecule has 31 heavy (non-hydrogen) atoms. The van der Waals surface area contributed by atoms with Gasteiger partial charge in [0.2, 0.25) is 10.0 Å². The maximum Gasteiger partial charge on any atom is 0.259 e. The third kappa shape index (κ3) is 4.95. The molecule has 1 heterocycles. The summed E-state index contributed by atoms with van der Waals surface area (Å²) in [6, 6.07) is 13.6. The number of hydrogen-bond acceptors (Lipinski definition) is 6. The van der Waals surface area contributed by atoms with Crippen LogP contribution in [0.5, 0.6) is 11.5 Å². The molecule has 0 saturated heterocycles. The Hall–Kier alpha value is -3.59. The molecule has 162 valence electrons. The minimum absolute atomic E-state index is 0.281. The van der Waals surface area contributed by atoms with Crippen LogP contribution < -0.4 is 19.1 Å². The molecule has 9 heteroatoms. The highest BCUT2D eigenvalue weighted by Gasteiger charge is 2.20. The average molecular weight is 442 g/mol. The summed E-state index contributed by atoms with van der Waals surface area (Å²) in [5.41, 5.74) is 2.54. The van der Waals surface area contributed by atoms with Gasteiger partial charge in [0.15, 0.2) is 0 Å². The fraction of sp³-hybridized carbons (Fsp3) is 0.182. The van der Waals surface area contributed by atoms with Crippen LogP contribution in [0.2, 0.25) is 0 Å². The minimum Gasteiger partial charge on any atom is -0.497 e. The van der Waals surface area contributed by atoms with Gasteiger partial charge in [0.25, 0.3) is 5.91 Å². The van der Waals surface area contributed by atoms with Crippen LogP contribution in [0.25, 0.3) is 11.1 Å². The van der Waals surface area contributed by atoms with Crippen molar-refractivity contribution >= 4 is 27.3 Å². The molecule has 3 aromatic rings. The van der Waals surface area contributed by atoms with Gasteiger partial charge in [-0.3, -0.25) is 14.1 Å². The monoisotopic (exact) mass is 441 g/mol. The molecule has 8 nitrogen and oxygen atoms in total. The summed E-state index contributed by atoms with van der Waals surface area (Å²) < 4.78 is 35.9. The van der Waals surface area contributed by atoms with Gasteiger partial charge < -0.3 is 14.8 Å². The molecule has 2 aromatic carbocycles. The van der Waals surface area contributed by atoms with Gasteiger partial charge in [-0.25, -0.2) is 8.42 Å². The maximum atomic E-state index is 13.1. The number of rotatable bonds is 7. The minimum atomic E-state index is -3.55. The predicted octanol–water partition coefficient (Wildman–Crippen LogP) is 3.41. The summed E-state index contributed by atoms with van der Waals surface area (Å²) in [4.78, 5) is 17.2. The van der Waals surface area contributed by atoms with Crippen LogP contribution >= 0.6 is 0 Å². The quantitative estimate of drug-likeness (QED) is 0.603. The van der Waals surface area contributed by atoms with Crippen molar-refractivity contribution in [1.29, 1.82) is 0 Å². The van der Waals surface area contributed by atoms with Gasteiger partial charge in [0.05, 0.1) is 37.4 Å². The van der Waals surface area contributed by atoms with Crippen LogP contribution in [-0.2, 0) is 10.0 Å². The Morgan fingerprint density at radius 1 is 1.03 bits per heavy atom. The highest BCUT2D eigenvalue weighted by molar-refractivity contribution is 7.92. The predicted molar refractivity (Wildman–Crippen MR) is 120 cm³/mol. The first-order chi connectivity index (χ1) is 14.7. The van der Waals surface area contributed by atoms with Crippen molar-refractivity contribution in [3.8, 4) is 22.6 Å². The molecule has 3 rings (SSSR count). The SMILES string of the molecule is COc1ccc(C(=O)Nc2cc(-c3cccnc3)ccc2N(C)S(C)(=O)=O)c(OC)c1. The number of methoxy groups -OCH3 is 2. The molecule has 0 aliphatic rings. The van der Waals surface area contributed by atoms with Crippen LogP contribution in [0, 0.1) is 0 Å². The zero-order valence-electron chi connectivity index (χ0n) is 17.6. The molecule has 1 N–H and O–H groups in total. The van der Waals surface area contributed by atoms with Crippen molar-refractivity contribution in [3.63, 3.8) is 0 Å². The zero-order valence-corrected chi connectivity index (χ0v) is 18.4. The fourth-order valence-corrected chi connectivity index (χ4v) is 3.49. The summed E-state index contributed by atoms with van der Waals surface area (Å²) in [5, 5.41) is 2.82. The Labute approximate surface area is 181 Å². The number of pyridine rings is 1. The molecule has 0 unspecified atom stereocenters. The summed E-state index contributed by atoms with van der Waals surface area (Å²) in [6.45, 7) is 0. The number of amides is 1. The van der Waals surface area contributed by atoms with Gasteiger partial charge >= 0.3 is 0 Å². The second-order valence-electron chi connectivity index (χ2n) is 6.72. The molecular formula is C22H23N3O5S. The molecular weight excluding hydrogens is 418 g/mol. The molecule has 0 aliphatic carbocycles. The van der Waals surface area contributed by atoms with E-state index >= 15 is 0 Å². The first kappa shape index (κ1) is 22.1. The van der Waals surface area contributed by atoms with Crippen molar-refractivity contribution in [2.24, 2.45) is 0 Å². The van der Waals surface area contributed by atoms with E-state index in [0.29, 0.717) is 22.9 Å². The van der Waals surface area contributed by atoms with Crippen LogP contribution in [0.1, 0.15) is 10.4 Å². The number of sulfonamides is 1. The molecule has 0 radical (unpaired) electrons. The molecule has 0 aliphatic heterocycles. The lowest BCUT2D eigenvalue weighted by Gasteiger charge is -2.22. The summed E-state index contributed by atoms with van der Waals surface area (Å²) >= 11 is 0. The van der Waals surface area contributed by atoms with E-state index in [9.17, 15) is 13.2 Å². The molecule has 0 bridgehead atoms. The van der Waals surface area contributed by atoms with Gasteiger partial charge in [0, 0.05) is 31.1 Å². The number of carbonyl (C=O) groups is 1. The number of aromatic nitrogens is 1. The Bertz CT molecular complexity index is 1200. The normalized spacial score (nSPS) is 11.0. The van der Waals surface area contributed by atoms with E-state index in [1.54, 1.807) is 54.9 Å². The fourth-order valence-electron chi connectivity index (χ4n) is 2.98. The lowest BCUT2D eigenvalue weighted by molar-refractivity contribution is 0.102. The van der Waals surface area contributed by atoms with Crippen LogP contribution in [-0.4, -0.2) is 46.8 Å². The second-order valence-corrected chi connectivity index (χ2v) is 8.74. The second kappa shape index (κ2) is 9.05. The number of benzene rings is 2. The first-order valence-corrected chi connectivity index (χ1v) is 11.1. The standard InChI is InChI=1S/C22H23N3O5S/c1-25(31(4,27)28)20-10-7-15(16-6-5-11-23-14-16)12-19(20)24-22(26)18-9-8-17(29-2)13-21(18)30-3/h5-14H,1-4H3,(H,24,26). The van der Waals surface area contributed by atoms with Crippen LogP contribution in [0.15, 0.2) is 60.9 Å². The van der Waals surface area contributed by atoms with Gasteiger partial charge in [0.1, 0.15) is 11.5 Å². The van der Waals surface area contributed by atoms with Crippen LogP contribution in [0.4, 0.5) is 11.4 Å². The molecule has 0 fully saturated rings. The topological polar surface area (TPSA) is 97.8 Å².